The van der Waals surface area contributed by atoms with E-state index in [1.54, 1.807) is 15.9 Å². The van der Waals surface area contributed by atoms with E-state index >= 15 is 0 Å². The molecule has 0 N–H and O–H groups in total. The van der Waals surface area contributed by atoms with Crippen LogP contribution in [-0.2, 0) is 16.1 Å². The van der Waals surface area contributed by atoms with Gasteiger partial charge in [-0.25, -0.2) is 4.79 Å². The Labute approximate surface area is 161 Å². The Morgan fingerprint density at radius 1 is 1.18 bits per heavy atom. The van der Waals surface area contributed by atoms with Crippen molar-refractivity contribution in [3.63, 3.8) is 0 Å². The molecule has 2 amide bonds. The molecule has 10 nitrogen and oxygen atoms in total. The number of benzene rings is 1. The third kappa shape index (κ3) is 4.38. The van der Waals surface area contributed by atoms with E-state index in [0.29, 0.717) is 37.1 Å². The van der Waals surface area contributed by atoms with Gasteiger partial charge < -0.3 is 14.5 Å². The quantitative estimate of drug-likeness (QED) is 0.587. The second-order valence-electron chi connectivity index (χ2n) is 7.65. The van der Waals surface area contributed by atoms with Crippen LogP contribution in [-0.4, -0.2) is 68.3 Å². The molecule has 1 aromatic carbocycles. The number of rotatable bonds is 3. The van der Waals surface area contributed by atoms with Crippen LogP contribution in [0.5, 0.6) is 0 Å². The first-order chi connectivity index (χ1) is 13.1. The zero-order chi connectivity index (χ0) is 20.5. The number of carbonyl (C=O) groups excluding carboxylic acids is 2. The number of nitrogens with zero attached hydrogens (tertiary/aromatic N) is 5. The topological polar surface area (TPSA) is 111 Å². The molecule has 3 rings (SSSR count). The molecule has 1 saturated heterocycles. The average Bonchev–Trinajstić information content (AvgIpc) is 3.02. The average molecular weight is 389 g/mol. The molecule has 1 aliphatic rings. The summed E-state index contributed by atoms with van der Waals surface area (Å²) in [4.78, 5) is 38.4. The van der Waals surface area contributed by atoms with Crippen molar-refractivity contribution in [1.29, 1.82) is 0 Å². The van der Waals surface area contributed by atoms with E-state index in [9.17, 15) is 19.7 Å². The maximum atomic E-state index is 12.6. The third-order valence-electron chi connectivity index (χ3n) is 4.41. The Morgan fingerprint density at radius 2 is 1.82 bits per heavy atom. The van der Waals surface area contributed by atoms with E-state index in [1.807, 2.05) is 20.8 Å². The van der Waals surface area contributed by atoms with Gasteiger partial charge in [0.05, 0.1) is 16.6 Å². The Hall–Kier alpha value is -3.17. The molecular weight excluding hydrogens is 366 g/mol. The SMILES string of the molecule is CC(C)(C)OC(=O)N1CCN(C(=O)Cn2ncc3cc([N+](=O)[O-])ccc32)CC1. The van der Waals surface area contributed by atoms with Gasteiger partial charge in [0.1, 0.15) is 12.1 Å². The first-order valence-electron chi connectivity index (χ1n) is 9.00. The van der Waals surface area contributed by atoms with Gasteiger partial charge in [-0.1, -0.05) is 0 Å². The van der Waals surface area contributed by atoms with E-state index < -0.39 is 10.5 Å². The number of ether oxygens (including phenoxy) is 1. The minimum absolute atomic E-state index is 0.0170. The van der Waals surface area contributed by atoms with E-state index in [1.165, 1.54) is 23.0 Å². The fraction of sp³-hybridized carbons (Fsp3) is 0.500. The van der Waals surface area contributed by atoms with Crippen LogP contribution in [0.15, 0.2) is 24.4 Å². The summed E-state index contributed by atoms with van der Waals surface area (Å²) >= 11 is 0. The maximum absolute atomic E-state index is 12.6. The van der Waals surface area contributed by atoms with Gasteiger partial charge in [-0.05, 0) is 26.8 Å². The number of nitro groups is 1. The van der Waals surface area contributed by atoms with Crippen molar-refractivity contribution in [3.05, 3.63) is 34.5 Å². The lowest BCUT2D eigenvalue weighted by Crippen LogP contribution is -2.52. The monoisotopic (exact) mass is 389 g/mol. The normalized spacial score (nSPS) is 15.0. The van der Waals surface area contributed by atoms with Crippen LogP contribution in [0.2, 0.25) is 0 Å². The summed E-state index contributed by atoms with van der Waals surface area (Å²) in [6, 6.07) is 4.42. The predicted molar refractivity (Wildman–Crippen MR) is 101 cm³/mol. The molecule has 0 saturated carbocycles. The first-order valence-corrected chi connectivity index (χ1v) is 9.00. The van der Waals surface area contributed by atoms with E-state index in [2.05, 4.69) is 5.10 Å². The molecule has 10 heteroatoms. The van der Waals surface area contributed by atoms with Crippen LogP contribution in [0, 0.1) is 10.1 Å². The number of non-ortho nitro benzene ring substituents is 1. The highest BCUT2D eigenvalue weighted by molar-refractivity contribution is 5.83. The minimum atomic E-state index is -0.555. The summed E-state index contributed by atoms with van der Waals surface area (Å²) in [5, 5.41) is 15.7. The Kier molecular flexibility index (Phi) is 5.21. The van der Waals surface area contributed by atoms with Gasteiger partial charge in [-0.2, -0.15) is 5.10 Å². The van der Waals surface area contributed by atoms with Gasteiger partial charge in [0, 0.05) is 43.7 Å². The van der Waals surface area contributed by atoms with Crippen LogP contribution in [0.25, 0.3) is 10.9 Å². The summed E-state index contributed by atoms with van der Waals surface area (Å²) in [5.74, 6) is -0.118. The highest BCUT2D eigenvalue weighted by atomic mass is 16.6. The Bertz CT molecular complexity index is 909. The van der Waals surface area contributed by atoms with Crippen molar-refractivity contribution < 1.29 is 19.2 Å². The lowest BCUT2D eigenvalue weighted by atomic mass is 10.2. The summed E-state index contributed by atoms with van der Waals surface area (Å²) < 4.78 is 6.88. The van der Waals surface area contributed by atoms with E-state index in [4.69, 9.17) is 4.74 Å². The van der Waals surface area contributed by atoms with Gasteiger partial charge >= 0.3 is 6.09 Å². The van der Waals surface area contributed by atoms with Gasteiger partial charge in [-0.3, -0.25) is 19.6 Å². The fourth-order valence-corrected chi connectivity index (χ4v) is 3.01. The number of piperazine rings is 1. The second kappa shape index (κ2) is 7.45. The standard InChI is InChI=1S/C18H23N5O5/c1-18(2,3)28-17(25)21-8-6-20(7-9-21)16(24)12-22-15-5-4-14(23(26)27)10-13(15)11-19-22/h4-5,10-11H,6-9,12H2,1-3H3. The van der Waals surface area contributed by atoms with E-state index in [-0.39, 0.29) is 24.2 Å². The predicted octanol–water partition coefficient (Wildman–Crippen LogP) is 2.02. The summed E-state index contributed by atoms with van der Waals surface area (Å²) in [6.07, 6.45) is 1.13. The zero-order valence-corrected chi connectivity index (χ0v) is 16.1. The van der Waals surface area contributed by atoms with Crippen molar-refractivity contribution >= 4 is 28.6 Å². The van der Waals surface area contributed by atoms with Crippen molar-refractivity contribution in [2.75, 3.05) is 26.2 Å². The molecule has 1 aliphatic heterocycles. The van der Waals surface area contributed by atoms with E-state index in [0.717, 1.165) is 0 Å². The number of fused-ring (bicyclic) bond motifs is 1. The number of nitro benzene ring substituents is 1. The Morgan fingerprint density at radius 3 is 2.43 bits per heavy atom. The molecule has 1 aromatic heterocycles. The van der Waals surface area contributed by atoms with Crippen LogP contribution in [0.3, 0.4) is 0 Å². The molecule has 2 heterocycles. The van der Waals surface area contributed by atoms with Gasteiger partial charge in [0.25, 0.3) is 5.69 Å². The second-order valence-corrected chi connectivity index (χ2v) is 7.65. The lowest BCUT2D eigenvalue weighted by Gasteiger charge is -2.35. The molecule has 0 spiro atoms. The number of amides is 2. The fourth-order valence-electron chi connectivity index (χ4n) is 3.01. The molecule has 28 heavy (non-hydrogen) atoms. The summed E-state index contributed by atoms with van der Waals surface area (Å²) in [5.41, 5.74) is 0.0864. The lowest BCUT2D eigenvalue weighted by molar-refractivity contribution is -0.384. The largest absolute Gasteiger partial charge is 0.444 e. The van der Waals surface area contributed by atoms with Gasteiger partial charge in [-0.15, -0.1) is 0 Å². The molecule has 0 bridgehead atoms. The number of carbonyl (C=O) groups is 2. The van der Waals surface area contributed by atoms with Crippen molar-refractivity contribution in [2.24, 2.45) is 0 Å². The van der Waals surface area contributed by atoms with Crippen molar-refractivity contribution in [3.8, 4) is 0 Å². The zero-order valence-electron chi connectivity index (χ0n) is 16.1. The number of hydrogen-bond acceptors (Lipinski definition) is 6. The summed E-state index contributed by atoms with van der Waals surface area (Å²) in [7, 11) is 0. The van der Waals surface area contributed by atoms with Crippen LogP contribution >= 0.6 is 0 Å². The molecule has 0 aliphatic carbocycles. The minimum Gasteiger partial charge on any atom is -0.444 e. The molecule has 1 fully saturated rings. The number of aromatic nitrogens is 2. The highest BCUT2D eigenvalue weighted by Crippen LogP contribution is 2.21. The van der Waals surface area contributed by atoms with Crippen molar-refractivity contribution in [2.45, 2.75) is 32.9 Å². The molecule has 2 aromatic rings. The smallest absolute Gasteiger partial charge is 0.410 e. The molecule has 150 valence electrons. The van der Waals surface area contributed by atoms with Gasteiger partial charge in [0.15, 0.2) is 0 Å². The Balaban J connectivity index is 1.60. The van der Waals surface area contributed by atoms with Gasteiger partial charge in [0.2, 0.25) is 5.91 Å². The highest BCUT2D eigenvalue weighted by Gasteiger charge is 2.28. The molecule has 0 radical (unpaired) electrons. The molecule has 0 unspecified atom stereocenters. The summed E-state index contributed by atoms with van der Waals surface area (Å²) in [6.45, 7) is 7.13. The molecular formula is C18H23N5O5. The van der Waals surface area contributed by atoms with Crippen molar-refractivity contribution in [1.82, 2.24) is 19.6 Å². The molecule has 0 atom stereocenters. The van der Waals surface area contributed by atoms with Crippen LogP contribution < -0.4 is 0 Å². The van der Waals surface area contributed by atoms with Crippen LogP contribution in [0.4, 0.5) is 10.5 Å². The number of hydrogen-bond donors (Lipinski definition) is 0. The van der Waals surface area contributed by atoms with Crippen LogP contribution in [0.1, 0.15) is 20.8 Å². The maximum Gasteiger partial charge on any atom is 0.410 e. The third-order valence-corrected chi connectivity index (χ3v) is 4.41. The first kappa shape index (κ1) is 19.6.